The molecule has 0 atom stereocenters. The van der Waals surface area contributed by atoms with Gasteiger partial charge < -0.3 is 10.6 Å². The first-order valence-electron chi connectivity index (χ1n) is 7.43. The summed E-state index contributed by atoms with van der Waals surface area (Å²) in [5.41, 5.74) is 1.71. The molecule has 2 amide bonds. The van der Waals surface area contributed by atoms with E-state index in [9.17, 15) is 9.59 Å². The summed E-state index contributed by atoms with van der Waals surface area (Å²) in [6, 6.07) is 10.00. The standard InChI is InChI=1S/C17H12Cl2N4O2S/c18-11-5-4-10(7-12(11)19)16(25)21-8-15(24)23-17-22-14(9-26-17)13-3-1-2-6-20-13/h1-7,9H,8H2,(H,21,25)(H,22,23,24). The van der Waals surface area contributed by atoms with E-state index in [1.54, 1.807) is 11.6 Å². The van der Waals surface area contributed by atoms with Gasteiger partial charge in [-0.25, -0.2) is 4.98 Å². The van der Waals surface area contributed by atoms with Crippen molar-refractivity contribution in [2.24, 2.45) is 0 Å². The van der Waals surface area contributed by atoms with Crippen molar-refractivity contribution >= 4 is 51.5 Å². The van der Waals surface area contributed by atoms with Gasteiger partial charge in [0.15, 0.2) is 5.13 Å². The fourth-order valence-corrected chi connectivity index (χ4v) is 3.05. The molecule has 6 nitrogen and oxygen atoms in total. The quantitative estimate of drug-likeness (QED) is 0.673. The van der Waals surface area contributed by atoms with E-state index in [1.807, 2.05) is 18.2 Å². The maximum Gasteiger partial charge on any atom is 0.251 e. The number of thiazole rings is 1. The molecular formula is C17H12Cl2N4O2S. The van der Waals surface area contributed by atoms with Crippen molar-refractivity contribution in [1.29, 1.82) is 0 Å². The molecule has 0 saturated carbocycles. The molecule has 0 aliphatic carbocycles. The first kappa shape index (κ1) is 18.3. The lowest BCUT2D eigenvalue weighted by atomic mass is 10.2. The Bertz CT molecular complexity index is 947. The summed E-state index contributed by atoms with van der Waals surface area (Å²) >= 11 is 13.0. The Morgan fingerprint density at radius 1 is 1.08 bits per heavy atom. The number of hydrogen-bond donors (Lipinski definition) is 2. The minimum Gasteiger partial charge on any atom is -0.343 e. The summed E-state index contributed by atoms with van der Waals surface area (Å²) in [5.74, 6) is -0.813. The maximum absolute atomic E-state index is 12.0. The van der Waals surface area contributed by atoms with Gasteiger partial charge in [-0.2, -0.15) is 0 Å². The average Bonchev–Trinajstić information content (AvgIpc) is 3.11. The number of carbonyl (C=O) groups is 2. The van der Waals surface area contributed by atoms with Crippen molar-refractivity contribution in [2.75, 3.05) is 11.9 Å². The van der Waals surface area contributed by atoms with E-state index in [0.29, 0.717) is 21.4 Å². The van der Waals surface area contributed by atoms with Gasteiger partial charge in [-0.3, -0.25) is 14.6 Å². The van der Waals surface area contributed by atoms with Crippen LogP contribution < -0.4 is 10.6 Å². The zero-order valence-electron chi connectivity index (χ0n) is 13.2. The van der Waals surface area contributed by atoms with Crippen LogP contribution in [0.3, 0.4) is 0 Å². The molecule has 0 aliphatic rings. The van der Waals surface area contributed by atoms with Gasteiger partial charge in [0.25, 0.3) is 5.91 Å². The fourth-order valence-electron chi connectivity index (χ4n) is 2.03. The van der Waals surface area contributed by atoms with Crippen molar-refractivity contribution in [2.45, 2.75) is 0 Å². The van der Waals surface area contributed by atoms with Gasteiger partial charge in [-0.05, 0) is 30.3 Å². The zero-order valence-corrected chi connectivity index (χ0v) is 15.5. The smallest absolute Gasteiger partial charge is 0.251 e. The van der Waals surface area contributed by atoms with Gasteiger partial charge in [0, 0.05) is 17.1 Å². The lowest BCUT2D eigenvalue weighted by molar-refractivity contribution is -0.115. The highest BCUT2D eigenvalue weighted by molar-refractivity contribution is 7.14. The molecule has 0 bridgehead atoms. The lowest BCUT2D eigenvalue weighted by Gasteiger charge is -2.06. The minimum absolute atomic E-state index is 0.197. The van der Waals surface area contributed by atoms with Crippen molar-refractivity contribution < 1.29 is 9.59 Å². The molecule has 2 aromatic heterocycles. The predicted octanol–water partition coefficient (Wildman–Crippen LogP) is 3.88. The number of benzene rings is 1. The number of hydrogen-bond acceptors (Lipinski definition) is 5. The van der Waals surface area contributed by atoms with Crippen molar-refractivity contribution in [3.8, 4) is 11.4 Å². The summed E-state index contributed by atoms with van der Waals surface area (Å²) in [5, 5.41) is 8.01. The SMILES string of the molecule is O=C(CNC(=O)c1ccc(Cl)c(Cl)c1)Nc1nc(-c2ccccn2)cs1. The fraction of sp³-hybridized carbons (Fsp3) is 0.0588. The molecule has 132 valence electrons. The molecule has 0 spiro atoms. The van der Waals surface area contributed by atoms with E-state index in [1.165, 1.54) is 29.5 Å². The van der Waals surface area contributed by atoms with Crippen LogP contribution in [0.1, 0.15) is 10.4 Å². The van der Waals surface area contributed by atoms with Gasteiger partial charge in [-0.15, -0.1) is 11.3 Å². The third-order valence-corrected chi connectivity index (χ3v) is 4.77. The van der Waals surface area contributed by atoms with Crippen LogP contribution in [0.4, 0.5) is 5.13 Å². The lowest BCUT2D eigenvalue weighted by Crippen LogP contribution is -2.32. The third-order valence-electron chi connectivity index (χ3n) is 3.27. The Morgan fingerprint density at radius 2 is 1.92 bits per heavy atom. The Morgan fingerprint density at radius 3 is 2.65 bits per heavy atom. The molecule has 2 N–H and O–H groups in total. The monoisotopic (exact) mass is 406 g/mol. The van der Waals surface area contributed by atoms with Gasteiger partial charge in [-0.1, -0.05) is 29.3 Å². The molecule has 26 heavy (non-hydrogen) atoms. The molecule has 0 unspecified atom stereocenters. The van der Waals surface area contributed by atoms with E-state index in [-0.39, 0.29) is 17.5 Å². The van der Waals surface area contributed by atoms with Crippen LogP contribution in [0.15, 0.2) is 48.0 Å². The maximum atomic E-state index is 12.0. The van der Waals surface area contributed by atoms with E-state index < -0.39 is 5.91 Å². The molecule has 3 rings (SSSR count). The summed E-state index contributed by atoms with van der Waals surface area (Å²) in [6.45, 7) is -0.197. The number of aromatic nitrogens is 2. The topological polar surface area (TPSA) is 84.0 Å². The molecule has 0 radical (unpaired) electrons. The number of nitrogens with one attached hydrogen (secondary N) is 2. The summed E-state index contributed by atoms with van der Waals surface area (Å²) < 4.78 is 0. The number of rotatable bonds is 5. The summed E-state index contributed by atoms with van der Waals surface area (Å²) in [7, 11) is 0. The van der Waals surface area contributed by atoms with Crippen LogP contribution in [0.25, 0.3) is 11.4 Å². The number of amides is 2. The van der Waals surface area contributed by atoms with E-state index in [0.717, 1.165) is 5.69 Å². The van der Waals surface area contributed by atoms with Gasteiger partial charge in [0.05, 0.1) is 22.3 Å². The number of anilines is 1. The van der Waals surface area contributed by atoms with Crippen LogP contribution in [-0.2, 0) is 4.79 Å². The number of carbonyl (C=O) groups excluding carboxylic acids is 2. The number of nitrogens with zero attached hydrogens (tertiary/aromatic N) is 2. The van der Waals surface area contributed by atoms with Gasteiger partial charge in [0.1, 0.15) is 5.69 Å². The van der Waals surface area contributed by atoms with Crippen molar-refractivity contribution in [1.82, 2.24) is 15.3 Å². The van der Waals surface area contributed by atoms with Crippen LogP contribution >= 0.6 is 34.5 Å². The first-order chi connectivity index (χ1) is 12.5. The molecule has 1 aromatic carbocycles. The third kappa shape index (κ3) is 4.57. The predicted molar refractivity (Wildman–Crippen MR) is 103 cm³/mol. The first-order valence-corrected chi connectivity index (χ1v) is 9.06. The van der Waals surface area contributed by atoms with Crippen LogP contribution in [0, 0.1) is 0 Å². The minimum atomic E-state index is -0.424. The average molecular weight is 407 g/mol. The molecule has 0 fully saturated rings. The van der Waals surface area contributed by atoms with Crippen molar-refractivity contribution in [3.05, 3.63) is 63.6 Å². The Kier molecular flexibility index (Phi) is 5.82. The van der Waals surface area contributed by atoms with Crippen LogP contribution in [0.5, 0.6) is 0 Å². The second-order valence-corrected chi connectivity index (χ2v) is 6.79. The number of halogens is 2. The van der Waals surface area contributed by atoms with E-state index in [4.69, 9.17) is 23.2 Å². The Balaban J connectivity index is 1.55. The van der Waals surface area contributed by atoms with Crippen LogP contribution in [-0.4, -0.2) is 28.3 Å². The largest absolute Gasteiger partial charge is 0.343 e. The highest BCUT2D eigenvalue weighted by atomic mass is 35.5. The van der Waals surface area contributed by atoms with E-state index in [2.05, 4.69) is 20.6 Å². The molecular weight excluding hydrogens is 395 g/mol. The number of pyridine rings is 1. The molecule has 3 aromatic rings. The molecule has 0 aliphatic heterocycles. The molecule has 9 heteroatoms. The summed E-state index contributed by atoms with van der Waals surface area (Å²) in [6.07, 6.45) is 1.67. The molecule has 2 heterocycles. The Labute approximate surface area is 163 Å². The normalized spacial score (nSPS) is 10.4. The van der Waals surface area contributed by atoms with Gasteiger partial charge >= 0.3 is 0 Å². The Hall–Kier alpha value is -2.48. The van der Waals surface area contributed by atoms with Gasteiger partial charge in [0.2, 0.25) is 5.91 Å². The second kappa shape index (κ2) is 8.27. The van der Waals surface area contributed by atoms with Crippen LogP contribution in [0.2, 0.25) is 10.0 Å². The van der Waals surface area contributed by atoms with Crippen molar-refractivity contribution in [3.63, 3.8) is 0 Å². The van der Waals surface area contributed by atoms with E-state index >= 15 is 0 Å². The summed E-state index contributed by atoms with van der Waals surface area (Å²) in [4.78, 5) is 32.5. The highest BCUT2D eigenvalue weighted by Gasteiger charge is 2.12. The highest BCUT2D eigenvalue weighted by Crippen LogP contribution is 2.23. The second-order valence-electron chi connectivity index (χ2n) is 5.11. The zero-order chi connectivity index (χ0) is 18.5. The molecule has 0 saturated heterocycles.